The zero-order valence-electron chi connectivity index (χ0n) is 15.2. The van der Waals surface area contributed by atoms with Crippen molar-refractivity contribution in [3.63, 3.8) is 0 Å². The van der Waals surface area contributed by atoms with Gasteiger partial charge in [-0.25, -0.2) is 4.79 Å². The summed E-state index contributed by atoms with van der Waals surface area (Å²) < 4.78 is 10.2. The number of nitrogens with zero attached hydrogens (tertiary/aromatic N) is 1. The predicted molar refractivity (Wildman–Crippen MR) is 89.1 cm³/mol. The highest BCUT2D eigenvalue weighted by Crippen LogP contribution is 2.21. The minimum atomic E-state index is -0.744. The molecule has 7 heteroatoms. The van der Waals surface area contributed by atoms with Crippen LogP contribution in [0.3, 0.4) is 0 Å². The van der Waals surface area contributed by atoms with Crippen molar-refractivity contribution in [2.75, 3.05) is 20.4 Å². The molecule has 0 unspecified atom stereocenters. The maximum absolute atomic E-state index is 12.2. The number of hydrogen-bond donors (Lipinski definition) is 1. The molecule has 0 radical (unpaired) electrons. The van der Waals surface area contributed by atoms with Crippen molar-refractivity contribution in [1.82, 2.24) is 10.2 Å². The van der Waals surface area contributed by atoms with Crippen LogP contribution < -0.4 is 5.32 Å². The maximum atomic E-state index is 12.2. The van der Waals surface area contributed by atoms with Gasteiger partial charge in [0.1, 0.15) is 6.04 Å². The van der Waals surface area contributed by atoms with E-state index in [-0.39, 0.29) is 30.3 Å². The molecule has 0 aromatic carbocycles. The van der Waals surface area contributed by atoms with E-state index in [1.165, 1.54) is 7.11 Å². The van der Waals surface area contributed by atoms with Crippen LogP contribution in [0.1, 0.15) is 59.3 Å². The number of methoxy groups -OCH3 is 1. The largest absolute Gasteiger partial charge is 0.467 e. The minimum absolute atomic E-state index is 0.155. The van der Waals surface area contributed by atoms with E-state index in [2.05, 4.69) is 10.1 Å². The molecule has 1 rings (SSSR count). The highest BCUT2D eigenvalue weighted by Gasteiger charge is 2.40. The number of carbonyl (C=O) groups excluding carboxylic acids is 3. The van der Waals surface area contributed by atoms with E-state index in [0.29, 0.717) is 19.6 Å². The molecule has 2 amide bonds. The lowest BCUT2D eigenvalue weighted by molar-refractivity contribution is -0.155. The van der Waals surface area contributed by atoms with E-state index < -0.39 is 12.0 Å². The van der Waals surface area contributed by atoms with E-state index in [1.807, 2.05) is 20.8 Å². The number of nitrogens with one attached hydrogen (secondary N) is 1. The van der Waals surface area contributed by atoms with Crippen molar-refractivity contribution >= 4 is 17.8 Å². The Bertz CT molecular complexity index is 445. The van der Waals surface area contributed by atoms with Gasteiger partial charge >= 0.3 is 5.97 Å². The van der Waals surface area contributed by atoms with Crippen LogP contribution in [0.25, 0.3) is 0 Å². The molecule has 0 aromatic rings. The quantitative estimate of drug-likeness (QED) is 0.389. The SMILES string of the molecule is COC(=O)[C@@H]1CCC(=O)N1C(=O)CCCCCNCOC(C)(C)C. The lowest BCUT2D eigenvalue weighted by Crippen LogP contribution is -2.43. The van der Waals surface area contributed by atoms with E-state index >= 15 is 0 Å². The first-order valence-electron chi connectivity index (χ1n) is 8.53. The second-order valence-corrected chi connectivity index (χ2v) is 6.95. The number of imide groups is 1. The van der Waals surface area contributed by atoms with E-state index in [4.69, 9.17) is 4.74 Å². The monoisotopic (exact) mass is 342 g/mol. The molecule has 1 fully saturated rings. The minimum Gasteiger partial charge on any atom is -0.467 e. The van der Waals surface area contributed by atoms with Crippen LogP contribution in [0.2, 0.25) is 0 Å². The fraction of sp³-hybridized carbons (Fsp3) is 0.824. The summed E-state index contributed by atoms with van der Waals surface area (Å²) in [6.07, 6.45) is 3.35. The molecule has 1 N–H and O–H groups in total. The Balaban J connectivity index is 2.19. The average molecular weight is 342 g/mol. The summed E-state index contributed by atoms with van der Waals surface area (Å²) in [4.78, 5) is 36.7. The van der Waals surface area contributed by atoms with Crippen molar-refractivity contribution in [2.45, 2.75) is 70.9 Å². The predicted octanol–water partition coefficient (Wildman–Crippen LogP) is 1.60. The summed E-state index contributed by atoms with van der Waals surface area (Å²) in [7, 11) is 1.27. The lowest BCUT2D eigenvalue weighted by Gasteiger charge is -2.21. The van der Waals surface area contributed by atoms with E-state index in [9.17, 15) is 14.4 Å². The number of hydrogen-bond acceptors (Lipinski definition) is 6. The summed E-state index contributed by atoms with van der Waals surface area (Å²) in [5.41, 5.74) is -0.155. The van der Waals surface area contributed by atoms with E-state index in [0.717, 1.165) is 24.3 Å². The number of rotatable bonds is 9. The fourth-order valence-electron chi connectivity index (χ4n) is 2.52. The van der Waals surface area contributed by atoms with Gasteiger partial charge in [-0.3, -0.25) is 19.8 Å². The summed E-state index contributed by atoms with van der Waals surface area (Å²) in [5.74, 6) is -1.08. The molecule has 24 heavy (non-hydrogen) atoms. The Hall–Kier alpha value is -1.47. The van der Waals surface area contributed by atoms with Crippen LogP contribution in [0.15, 0.2) is 0 Å². The molecule has 7 nitrogen and oxygen atoms in total. The molecule has 1 aliphatic heterocycles. The Kier molecular flexibility index (Phi) is 8.35. The third-order valence-electron chi connectivity index (χ3n) is 3.81. The Labute approximate surface area is 144 Å². The first kappa shape index (κ1) is 20.6. The fourth-order valence-corrected chi connectivity index (χ4v) is 2.52. The van der Waals surface area contributed by atoms with Crippen molar-refractivity contribution in [2.24, 2.45) is 0 Å². The van der Waals surface area contributed by atoms with E-state index in [1.54, 1.807) is 0 Å². The molecule has 0 aliphatic carbocycles. The Morgan fingerprint density at radius 2 is 1.96 bits per heavy atom. The normalized spacial score (nSPS) is 18.1. The van der Waals surface area contributed by atoms with Crippen LogP contribution in [0, 0.1) is 0 Å². The number of amides is 2. The van der Waals surface area contributed by atoms with Gasteiger partial charge in [0.15, 0.2) is 0 Å². The number of carbonyl (C=O) groups is 3. The zero-order chi connectivity index (χ0) is 18.2. The third kappa shape index (κ3) is 6.97. The van der Waals surface area contributed by atoms with Crippen LogP contribution in [0.4, 0.5) is 0 Å². The number of esters is 1. The van der Waals surface area contributed by atoms with Crippen molar-refractivity contribution < 1.29 is 23.9 Å². The standard InChI is InChI=1S/C17H30N2O5/c1-17(2,3)24-12-18-11-7-5-6-8-14(20)19-13(16(22)23-4)9-10-15(19)21/h13,18H,5-12H2,1-4H3/t13-/m0/s1. The summed E-state index contributed by atoms with van der Waals surface area (Å²) >= 11 is 0. The molecule has 0 spiro atoms. The number of likely N-dealkylation sites (tertiary alicyclic amines) is 1. The molecule has 0 aromatic heterocycles. The second-order valence-electron chi connectivity index (χ2n) is 6.95. The molecule has 1 aliphatic rings. The first-order chi connectivity index (χ1) is 11.3. The lowest BCUT2D eigenvalue weighted by atomic mass is 10.1. The topological polar surface area (TPSA) is 84.9 Å². The van der Waals surface area contributed by atoms with Crippen molar-refractivity contribution in [3.05, 3.63) is 0 Å². The maximum Gasteiger partial charge on any atom is 0.329 e. The number of unbranched alkanes of at least 4 members (excludes halogenated alkanes) is 2. The summed E-state index contributed by atoms with van der Waals surface area (Å²) in [6.45, 7) is 7.33. The third-order valence-corrected chi connectivity index (χ3v) is 3.81. The smallest absolute Gasteiger partial charge is 0.329 e. The molecule has 1 atom stereocenters. The van der Waals surface area contributed by atoms with Gasteiger partial charge in [-0.15, -0.1) is 0 Å². The first-order valence-corrected chi connectivity index (χ1v) is 8.53. The number of ether oxygens (including phenoxy) is 2. The summed E-state index contributed by atoms with van der Waals surface area (Å²) in [5, 5.41) is 3.19. The molecule has 0 saturated carbocycles. The second kappa shape index (κ2) is 9.74. The van der Waals surface area contributed by atoms with Crippen molar-refractivity contribution in [1.29, 1.82) is 0 Å². The molecule has 1 saturated heterocycles. The Morgan fingerprint density at radius 3 is 2.58 bits per heavy atom. The highest BCUT2D eigenvalue weighted by molar-refractivity contribution is 6.01. The van der Waals surface area contributed by atoms with Gasteiger partial charge in [0, 0.05) is 12.8 Å². The van der Waals surface area contributed by atoms with Gasteiger partial charge in [-0.1, -0.05) is 6.42 Å². The van der Waals surface area contributed by atoms with Crippen LogP contribution in [-0.4, -0.2) is 54.7 Å². The van der Waals surface area contributed by atoms with Gasteiger partial charge in [0.2, 0.25) is 11.8 Å². The van der Waals surface area contributed by atoms with Gasteiger partial charge in [-0.2, -0.15) is 0 Å². The average Bonchev–Trinajstić information content (AvgIpc) is 2.89. The van der Waals surface area contributed by atoms with Crippen molar-refractivity contribution in [3.8, 4) is 0 Å². The van der Waals surface area contributed by atoms with Gasteiger partial charge in [0.25, 0.3) is 0 Å². The highest BCUT2D eigenvalue weighted by atomic mass is 16.5. The zero-order valence-corrected chi connectivity index (χ0v) is 15.2. The van der Waals surface area contributed by atoms with Gasteiger partial charge in [0.05, 0.1) is 19.4 Å². The van der Waals surface area contributed by atoms with Gasteiger partial charge < -0.3 is 9.47 Å². The molecular formula is C17H30N2O5. The van der Waals surface area contributed by atoms with Crippen LogP contribution >= 0.6 is 0 Å². The van der Waals surface area contributed by atoms with Gasteiger partial charge in [-0.05, 0) is 46.6 Å². The molecule has 1 heterocycles. The molecular weight excluding hydrogens is 312 g/mol. The molecule has 138 valence electrons. The molecule has 0 bridgehead atoms. The Morgan fingerprint density at radius 1 is 1.25 bits per heavy atom. The van der Waals surface area contributed by atoms with Crippen LogP contribution in [-0.2, 0) is 23.9 Å². The van der Waals surface area contributed by atoms with Crippen LogP contribution in [0.5, 0.6) is 0 Å². The summed E-state index contributed by atoms with van der Waals surface area (Å²) in [6, 6.07) is -0.744.